The topological polar surface area (TPSA) is 99.6 Å². The molecule has 1 saturated carbocycles. The van der Waals surface area contributed by atoms with Gasteiger partial charge in [0.15, 0.2) is 15.8 Å². The van der Waals surface area contributed by atoms with Gasteiger partial charge in [-0.05, 0) is 31.0 Å². The van der Waals surface area contributed by atoms with Crippen molar-refractivity contribution in [2.45, 2.75) is 61.1 Å². The molecule has 0 aromatic heterocycles. The Bertz CT molecular complexity index is 1360. The monoisotopic (exact) mass is 593 g/mol. The summed E-state index contributed by atoms with van der Waals surface area (Å²) in [5.41, 5.74) is -0.338. The van der Waals surface area contributed by atoms with Crippen LogP contribution in [0, 0.1) is 11.2 Å². The number of rotatable bonds is 5. The van der Waals surface area contributed by atoms with E-state index in [0.29, 0.717) is 11.1 Å². The number of benzene rings is 2. The highest BCUT2D eigenvalue weighted by Crippen LogP contribution is 2.42. The van der Waals surface area contributed by atoms with Crippen LogP contribution >= 0.6 is 24.0 Å². The van der Waals surface area contributed by atoms with Crippen molar-refractivity contribution in [3.63, 3.8) is 0 Å². The SMILES string of the molecule is CO[C@@H]1C[C@H](N2C(=N)N[C@](C)(c3cccc(-c4ccc(S(C)(=O)=O)cc4F)c3Cl)CC2=O)CCC1(F)F.Cl. The molecule has 13 heteroatoms. The largest absolute Gasteiger partial charge is 0.375 e. The van der Waals surface area contributed by atoms with E-state index in [0.717, 1.165) is 12.3 Å². The molecule has 0 unspecified atom stereocenters. The Balaban J connectivity index is 0.00000400. The molecule has 0 spiro atoms. The fraction of sp³-hybridized carbons (Fsp3) is 0.440. The van der Waals surface area contributed by atoms with Gasteiger partial charge in [-0.3, -0.25) is 15.1 Å². The van der Waals surface area contributed by atoms with E-state index in [1.54, 1.807) is 25.1 Å². The lowest BCUT2D eigenvalue weighted by atomic mass is 9.83. The minimum Gasteiger partial charge on any atom is -0.375 e. The summed E-state index contributed by atoms with van der Waals surface area (Å²) in [6.07, 6.45) is -1.03. The maximum absolute atomic E-state index is 14.9. The van der Waals surface area contributed by atoms with Crippen LogP contribution in [0.1, 0.15) is 38.2 Å². The Kier molecular flexibility index (Phi) is 8.48. The summed E-state index contributed by atoms with van der Waals surface area (Å²) in [6.45, 7) is 1.68. The number of amides is 1. The Morgan fingerprint density at radius 2 is 1.89 bits per heavy atom. The van der Waals surface area contributed by atoms with Crippen LogP contribution in [0.5, 0.6) is 0 Å². The van der Waals surface area contributed by atoms with E-state index in [4.69, 9.17) is 21.7 Å². The van der Waals surface area contributed by atoms with Gasteiger partial charge in [-0.15, -0.1) is 12.4 Å². The van der Waals surface area contributed by atoms with E-state index in [-0.39, 0.29) is 53.1 Å². The number of sulfone groups is 1. The standard InChI is InChI=1S/C25H27ClF3N3O4S.ClH/c1-24(13-21(33)32(23(30)31-24)14-9-10-25(28,29)20(11-14)36-2)18-6-4-5-17(22(18)26)16-8-7-15(12-19(16)27)37(3,34)35;/h4-8,12,14,20H,9-11,13H2,1-3H3,(H2,30,31);1H/t14-,20-,24+;/m1./s1. The normalized spacial score (nSPS) is 25.5. The minimum absolute atomic E-state index is 0. The van der Waals surface area contributed by atoms with Gasteiger partial charge in [-0.25, -0.2) is 21.6 Å². The fourth-order valence-corrected chi connectivity index (χ4v) is 6.17. The highest BCUT2D eigenvalue weighted by Gasteiger charge is 2.50. The van der Waals surface area contributed by atoms with Crippen molar-refractivity contribution in [2.24, 2.45) is 0 Å². The maximum atomic E-state index is 14.9. The molecular weight excluding hydrogens is 566 g/mol. The second-order valence-corrected chi connectivity index (χ2v) is 12.1. The minimum atomic E-state index is -3.61. The third-order valence-electron chi connectivity index (χ3n) is 7.08. The first kappa shape index (κ1) is 30.2. The number of nitrogens with one attached hydrogen (secondary N) is 2. The second kappa shape index (κ2) is 10.7. The average molecular weight is 594 g/mol. The first-order valence-corrected chi connectivity index (χ1v) is 13.8. The number of ether oxygens (including phenoxy) is 1. The van der Waals surface area contributed by atoms with Crippen molar-refractivity contribution in [2.75, 3.05) is 13.4 Å². The van der Waals surface area contributed by atoms with Crippen LogP contribution in [-0.2, 0) is 24.9 Å². The molecule has 38 heavy (non-hydrogen) atoms. The van der Waals surface area contributed by atoms with Crippen LogP contribution in [-0.4, -0.2) is 56.6 Å². The predicted molar refractivity (Wildman–Crippen MR) is 140 cm³/mol. The molecule has 0 bridgehead atoms. The lowest BCUT2D eigenvalue weighted by Gasteiger charge is -2.46. The molecule has 208 valence electrons. The highest BCUT2D eigenvalue weighted by atomic mass is 35.5. The Hall–Kier alpha value is -2.34. The number of guanidine groups is 1. The van der Waals surface area contributed by atoms with Crippen molar-refractivity contribution in [1.29, 1.82) is 5.41 Å². The predicted octanol–water partition coefficient (Wildman–Crippen LogP) is 5.15. The summed E-state index contributed by atoms with van der Waals surface area (Å²) >= 11 is 6.70. The molecule has 1 heterocycles. The average Bonchev–Trinajstić information content (AvgIpc) is 2.79. The second-order valence-electron chi connectivity index (χ2n) is 9.74. The first-order chi connectivity index (χ1) is 17.2. The van der Waals surface area contributed by atoms with Crippen molar-refractivity contribution in [3.05, 3.63) is 52.8 Å². The molecule has 2 aromatic carbocycles. The molecule has 1 aliphatic heterocycles. The van der Waals surface area contributed by atoms with Crippen LogP contribution in [0.15, 0.2) is 41.3 Å². The Morgan fingerprint density at radius 3 is 2.47 bits per heavy atom. The first-order valence-electron chi connectivity index (χ1n) is 11.6. The number of hydrogen-bond acceptors (Lipinski definition) is 5. The van der Waals surface area contributed by atoms with Crippen molar-refractivity contribution >= 4 is 45.7 Å². The zero-order valence-electron chi connectivity index (χ0n) is 20.9. The van der Waals surface area contributed by atoms with Gasteiger partial charge in [-0.2, -0.15) is 0 Å². The lowest BCUT2D eigenvalue weighted by molar-refractivity contribution is -0.161. The molecule has 2 aliphatic rings. The van der Waals surface area contributed by atoms with E-state index >= 15 is 0 Å². The molecule has 2 fully saturated rings. The quantitative estimate of drug-likeness (QED) is 0.499. The summed E-state index contributed by atoms with van der Waals surface area (Å²) in [6, 6.07) is 7.77. The summed E-state index contributed by atoms with van der Waals surface area (Å²) < 4.78 is 71.6. The Labute approximate surface area is 230 Å². The van der Waals surface area contributed by atoms with E-state index < -0.39 is 51.6 Å². The highest BCUT2D eigenvalue weighted by molar-refractivity contribution is 7.90. The summed E-state index contributed by atoms with van der Waals surface area (Å²) in [5, 5.41) is 11.7. The fourth-order valence-electron chi connectivity index (χ4n) is 5.10. The van der Waals surface area contributed by atoms with Crippen molar-refractivity contribution < 1.29 is 31.1 Å². The van der Waals surface area contributed by atoms with Gasteiger partial charge in [0.25, 0.3) is 5.92 Å². The van der Waals surface area contributed by atoms with Gasteiger partial charge in [0, 0.05) is 43.4 Å². The molecule has 1 saturated heterocycles. The van der Waals surface area contributed by atoms with Crippen molar-refractivity contribution in [3.8, 4) is 11.1 Å². The van der Waals surface area contributed by atoms with E-state index in [2.05, 4.69) is 5.32 Å². The number of hydrogen-bond donors (Lipinski definition) is 2. The maximum Gasteiger partial charge on any atom is 0.273 e. The van der Waals surface area contributed by atoms with E-state index in [9.17, 15) is 26.4 Å². The number of nitrogens with zero attached hydrogens (tertiary/aromatic N) is 1. The number of methoxy groups -OCH3 is 1. The molecule has 1 aliphatic carbocycles. The lowest BCUT2D eigenvalue weighted by Crippen LogP contribution is -2.63. The van der Waals surface area contributed by atoms with Gasteiger partial charge >= 0.3 is 0 Å². The number of carbonyl (C=O) groups excluding carboxylic acids is 1. The summed E-state index contributed by atoms with van der Waals surface area (Å²) in [5.74, 6) is -4.45. The van der Waals surface area contributed by atoms with Gasteiger partial charge in [0.1, 0.15) is 11.9 Å². The molecule has 7 nitrogen and oxygen atoms in total. The molecule has 2 aromatic rings. The van der Waals surface area contributed by atoms with Crippen LogP contribution in [0.25, 0.3) is 11.1 Å². The Morgan fingerprint density at radius 1 is 1.21 bits per heavy atom. The van der Waals surface area contributed by atoms with E-state index in [1.807, 2.05) is 0 Å². The molecule has 1 amide bonds. The third kappa shape index (κ3) is 5.52. The zero-order valence-corrected chi connectivity index (χ0v) is 23.2. The molecule has 4 rings (SSSR count). The van der Waals surface area contributed by atoms with Gasteiger partial charge in [-0.1, -0.05) is 35.9 Å². The molecule has 0 radical (unpaired) electrons. The van der Waals surface area contributed by atoms with Crippen molar-refractivity contribution in [1.82, 2.24) is 10.2 Å². The van der Waals surface area contributed by atoms with E-state index in [1.165, 1.54) is 24.1 Å². The van der Waals surface area contributed by atoms with Crippen LogP contribution in [0.4, 0.5) is 13.2 Å². The summed E-state index contributed by atoms with van der Waals surface area (Å²) in [7, 11) is -2.41. The number of carbonyl (C=O) groups is 1. The smallest absolute Gasteiger partial charge is 0.273 e. The third-order valence-corrected chi connectivity index (χ3v) is 8.60. The van der Waals surface area contributed by atoms with Crippen LogP contribution < -0.4 is 5.32 Å². The van der Waals surface area contributed by atoms with Gasteiger partial charge < -0.3 is 10.1 Å². The number of halogens is 5. The van der Waals surface area contributed by atoms with Gasteiger partial charge in [0.05, 0.1) is 21.9 Å². The zero-order chi connectivity index (χ0) is 27.3. The summed E-state index contributed by atoms with van der Waals surface area (Å²) in [4.78, 5) is 14.3. The van der Waals surface area contributed by atoms with Crippen LogP contribution in [0.2, 0.25) is 5.02 Å². The molecular formula is C25H28Cl2F3N3O4S. The molecule has 3 atom stereocenters. The van der Waals surface area contributed by atoms with Crippen LogP contribution in [0.3, 0.4) is 0 Å². The van der Waals surface area contributed by atoms with Gasteiger partial charge in [0.2, 0.25) is 5.91 Å². The number of alkyl halides is 2. The molecule has 2 N–H and O–H groups in total.